The molecule has 0 heterocycles. The number of carbonyl (C=O) groups is 3. The van der Waals surface area contributed by atoms with E-state index in [1.165, 1.54) is 20.1 Å². The first-order valence-electron chi connectivity index (χ1n) is 11.7. The third-order valence-corrected chi connectivity index (χ3v) is 4.96. The predicted octanol–water partition coefficient (Wildman–Crippen LogP) is 5.60. The topological polar surface area (TPSA) is 97.4 Å². The van der Waals surface area contributed by atoms with Gasteiger partial charge >= 0.3 is 17.9 Å². The van der Waals surface area contributed by atoms with Crippen molar-refractivity contribution in [3.63, 3.8) is 0 Å². The Morgan fingerprint density at radius 1 is 0.892 bits per heavy atom. The highest BCUT2D eigenvalue weighted by Gasteiger charge is 2.21. The first-order valence-corrected chi connectivity index (χ1v) is 11.7. The summed E-state index contributed by atoms with van der Waals surface area (Å²) >= 11 is 0. The Bertz CT molecular complexity index is 1160. The second-order valence-electron chi connectivity index (χ2n) is 8.10. The Hall–Kier alpha value is -4.17. The summed E-state index contributed by atoms with van der Waals surface area (Å²) in [5.74, 6) is -1.32. The molecule has 0 aliphatic heterocycles. The molecule has 8 heteroatoms. The molecule has 2 rings (SSSR count). The lowest BCUT2D eigenvalue weighted by Crippen LogP contribution is -2.16. The van der Waals surface area contributed by atoms with Crippen molar-refractivity contribution in [2.75, 3.05) is 20.3 Å². The van der Waals surface area contributed by atoms with Crippen molar-refractivity contribution in [1.29, 1.82) is 0 Å². The van der Waals surface area contributed by atoms with E-state index in [2.05, 4.69) is 26.7 Å². The molecular weight excluding hydrogens is 476 g/mol. The fraction of sp³-hybridized carbons (Fsp3) is 0.276. The van der Waals surface area contributed by atoms with Crippen LogP contribution < -0.4 is 18.9 Å². The maximum Gasteiger partial charge on any atom is 0.341 e. The number of hydrogen-bond donors (Lipinski definition) is 0. The third kappa shape index (κ3) is 8.77. The van der Waals surface area contributed by atoms with E-state index in [0.29, 0.717) is 29.2 Å². The fourth-order valence-corrected chi connectivity index (χ4v) is 3.03. The van der Waals surface area contributed by atoms with Crippen LogP contribution in [0.2, 0.25) is 0 Å². The minimum atomic E-state index is -0.743. The Morgan fingerprint density at radius 2 is 1.54 bits per heavy atom. The van der Waals surface area contributed by atoms with Gasteiger partial charge in [-0.2, -0.15) is 0 Å². The van der Waals surface area contributed by atoms with E-state index in [-0.39, 0.29) is 29.3 Å². The van der Waals surface area contributed by atoms with Crippen LogP contribution in [0.5, 0.6) is 23.0 Å². The standard InChI is InChI=1S/C29H32O8/c1-7-9-10-15-34-24-17-26(37-29(32)20(5)18-33-6)25(36-28(31)19(3)4)16-23(24)21-11-13-22(14-12-21)35-27(30)8-2/h8,11-14,16-17H,2-3,5,7,9-10,15,18H2,1,4,6H3. The van der Waals surface area contributed by atoms with Crippen molar-refractivity contribution < 1.29 is 38.1 Å². The molecule has 8 nitrogen and oxygen atoms in total. The first-order chi connectivity index (χ1) is 17.7. The number of ether oxygens (including phenoxy) is 5. The van der Waals surface area contributed by atoms with E-state index in [1.807, 2.05) is 0 Å². The fourth-order valence-electron chi connectivity index (χ4n) is 3.03. The summed E-state index contributed by atoms with van der Waals surface area (Å²) in [5.41, 5.74) is 1.49. The summed E-state index contributed by atoms with van der Waals surface area (Å²) in [6.07, 6.45) is 3.88. The molecular formula is C29H32O8. The van der Waals surface area contributed by atoms with Crippen LogP contribution in [-0.2, 0) is 19.1 Å². The molecule has 0 N–H and O–H groups in total. The van der Waals surface area contributed by atoms with E-state index in [9.17, 15) is 14.4 Å². The van der Waals surface area contributed by atoms with Crippen LogP contribution in [0.25, 0.3) is 11.1 Å². The van der Waals surface area contributed by atoms with Crippen molar-refractivity contribution in [2.45, 2.75) is 33.1 Å². The highest BCUT2D eigenvalue weighted by Crippen LogP contribution is 2.41. The molecule has 196 valence electrons. The van der Waals surface area contributed by atoms with Crippen LogP contribution in [0, 0.1) is 0 Å². The highest BCUT2D eigenvalue weighted by atomic mass is 16.6. The Balaban J connectivity index is 2.56. The summed E-state index contributed by atoms with van der Waals surface area (Å²) < 4.78 is 27.1. The smallest absolute Gasteiger partial charge is 0.341 e. The number of hydrogen-bond acceptors (Lipinski definition) is 8. The zero-order chi connectivity index (χ0) is 27.4. The van der Waals surface area contributed by atoms with Crippen molar-refractivity contribution in [1.82, 2.24) is 0 Å². The molecule has 0 spiro atoms. The summed E-state index contributed by atoms with van der Waals surface area (Å²) in [5, 5.41) is 0. The van der Waals surface area contributed by atoms with E-state index in [1.54, 1.807) is 30.3 Å². The number of rotatable bonds is 14. The van der Waals surface area contributed by atoms with Crippen molar-refractivity contribution >= 4 is 17.9 Å². The van der Waals surface area contributed by atoms with Gasteiger partial charge in [0.25, 0.3) is 0 Å². The summed E-state index contributed by atoms with van der Waals surface area (Å²) in [6.45, 7) is 14.6. The number of esters is 3. The normalized spacial score (nSPS) is 10.2. The SMILES string of the molecule is C=CC(=O)Oc1ccc(-c2cc(OC(=O)C(=C)C)c(OC(=O)C(=C)COC)cc2OCCCCC)cc1. The van der Waals surface area contributed by atoms with E-state index >= 15 is 0 Å². The molecule has 0 saturated carbocycles. The monoisotopic (exact) mass is 508 g/mol. The van der Waals surface area contributed by atoms with Crippen LogP contribution in [0.1, 0.15) is 33.1 Å². The largest absolute Gasteiger partial charge is 0.493 e. The molecule has 0 radical (unpaired) electrons. The second-order valence-corrected chi connectivity index (χ2v) is 8.10. The van der Waals surface area contributed by atoms with Gasteiger partial charge in [-0.15, -0.1) is 0 Å². The maximum atomic E-state index is 12.5. The Morgan fingerprint density at radius 3 is 2.14 bits per heavy atom. The average molecular weight is 509 g/mol. The van der Waals surface area contributed by atoms with E-state index < -0.39 is 17.9 Å². The quantitative estimate of drug-likeness (QED) is 0.141. The molecule has 0 bridgehead atoms. The third-order valence-electron chi connectivity index (χ3n) is 4.96. The van der Waals surface area contributed by atoms with Gasteiger partial charge in [-0.1, -0.05) is 51.6 Å². The minimum Gasteiger partial charge on any atom is -0.493 e. The molecule has 2 aromatic carbocycles. The van der Waals surface area contributed by atoms with E-state index in [4.69, 9.17) is 23.7 Å². The molecule has 2 aromatic rings. The van der Waals surface area contributed by atoms with Crippen molar-refractivity contribution in [2.24, 2.45) is 0 Å². The van der Waals surface area contributed by atoms with Crippen molar-refractivity contribution in [3.05, 3.63) is 73.4 Å². The van der Waals surface area contributed by atoms with E-state index in [0.717, 1.165) is 25.3 Å². The zero-order valence-electron chi connectivity index (χ0n) is 21.5. The molecule has 0 aromatic heterocycles. The Kier molecular flexibility index (Phi) is 11.3. The van der Waals surface area contributed by atoms with Gasteiger partial charge < -0.3 is 23.7 Å². The molecule has 0 amide bonds. The van der Waals surface area contributed by atoms with Gasteiger partial charge in [-0.25, -0.2) is 14.4 Å². The number of unbranched alkanes of at least 4 members (excludes halogenated alkanes) is 2. The molecule has 0 aliphatic carbocycles. The van der Waals surface area contributed by atoms with Gasteiger partial charge in [-0.3, -0.25) is 0 Å². The lowest BCUT2D eigenvalue weighted by Gasteiger charge is -2.17. The van der Waals surface area contributed by atoms with Crippen LogP contribution in [0.15, 0.2) is 73.4 Å². The molecule has 0 aliphatic rings. The number of benzene rings is 2. The second kappa shape index (κ2) is 14.4. The average Bonchev–Trinajstić information content (AvgIpc) is 2.88. The maximum absolute atomic E-state index is 12.5. The van der Waals surface area contributed by atoms with Crippen LogP contribution in [-0.4, -0.2) is 38.2 Å². The zero-order valence-corrected chi connectivity index (χ0v) is 21.5. The van der Waals surface area contributed by atoms with Crippen LogP contribution >= 0.6 is 0 Å². The molecule has 0 saturated heterocycles. The number of carbonyl (C=O) groups excluding carboxylic acids is 3. The Labute approximate surface area is 217 Å². The van der Waals surface area contributed by atoms with Gasteiger partial charge in [-0.05, 0) is 37.1 Å². The van der Waals surface area contributed by atoms with Crippen LogP contribution in [0.4, 0.5) is 0 Å². The first kappa shape index (κ1) is 29.1. The van der Waals surface area contributed by atoms with Crippen LogP contribution in [0.3, 0.4) is 0 Å². The predicted molar refractivity (Wildman–Crippen MR) is 140 cm³/mol. The van der Waals surface area contributed by atoms with Gasteiger partial charge in [0.1, 0.15) is 11.5 Å². The van der Waals surface area contributed by atoms with Gasteiger partial charge in [0.05, 0.1) is 18.8 Å². The number of methoxy groups -OCH3 is 1. The minimum absolute atomic E-state index is 0.00960. The highest BCUT2D eigenvalue weighted by molar-refractivity contribution is 5.92. The molecule has 0 atom stereocenters. The molecule has 0 fully saturated rings. The summed E-state index contributed by atoms with van der Waals surface area (Å²) in [4.78, 5) is 36.4. The van der Waals surface area contributed by atoms with Gasteiger partial charge in [0.15, 0.2) is 11.5 Å². The van der Waals surface area contributed by atoms with Crippen molar-refractivity contribution in [3.8, 4) is 34.1 Å². The van der Waals surface area contributed by atoms with Gasteiger partial charge in [0, 0.05) is 30.4 Å². The lowest BCUT2D eigenvalue weighted by molar-refractivity contribution is -0.133. The van der Waals surface area contributed by atoms with Gasteiger partial charge in [0.2, 0.25) is 0 Å². The molecule has 0 unspecified atom stereocenters. The summed E-state index contributed by atoms with van der Waals surface area (Å²) in [7, 11) is 1.43. The summed E-state index contributed by atoms with van der Waals surface area (Å²) in [6, 6.07) is 9.70. The molecule has 37 heavy (non-hydrogen) atoms. The lowest BCUT2D eigenvalue weighted by atomic mass is 10.0.